The molecule has 2 aliphatic heterocycles. The first-order valence-corrected chi connectivity index (χ1v) is 11.4. The number of halogens is 4. The summed E-state index contributed by atoms with van der Waals surface area (Å²) in [5.74, 6) is 0.416. The van der Waals surface area contributed by atoms with Gasteiger partial charge < -0.3 is 24.8 Å². The minimum Gasteiger partial charge on any atom is -0.489 e. The molecular weight excluding hydrogens is 473 g/mol. The van der Waals surface area contributed by atoms with Gasteiger partial charge in [-0.3, -0.25) is 4.79 Å². The van der Waals surface area contributed by atoms with E-state index in [1.807, 2.05) is 18.2 Å². The van der Waals surface area contributed by atoms with E-state index in [1.165, 1.54) is 6.92 Å². The van der Waals surface area contributed by atoms with Crippen LogP contribution in [0.15, 0.2) is 36.4 Å². The molecular formula is C24H26ClF3N2O4. The average molecular weight is 499 g/mol. The van der Waals surface area contributed by atoms with Crippen molar-refractivity contribution in [2.75, 3.05) is 31.6 Å². The van der Waals surface area contributed by atoms with Crippen molar-refractivity contribution in [1.29, 1.82) is 0 Å². The van der Waals surface area contributed by atoms with Crippen LogP contribution in [0.25, 0.3) is 0 Å². The van der Waals surface area contributed by atoms with E-state index in [0.29, 0.717) is 11.6 Å². The number of hydrogen-bond donors (Lipinski definition) is 2. The highest BCUT2D eigenvalue weighted by Gasteiger charge is 2.42. The van der Waals surface area contributed by atoms with E-state index in [9.17, 15) is 23.1 Å². The van der Waals surface area contributed by atoms with Crippen molar-refractivity contribution in [1.82, 2.24) is 4.90 Å². The Morgan fingerprint density at radius 2 is 2.00 bits per heavy atom. The summed E-state index contributed by atoms with van der Waals surface area (Å²) in [4.78, 5) is 13.5. The highest BCUT2D eigenvalue weighted by molar-refractivity contribution is 6.30. The van der Waals surface area contributed by atoms with Crippen molar-refractivity contribution in [3.63, 3.8) is 0 Å². The maximum absolute atomic E-state index is 13.0. The second-order valence-electron chi connectivity index (χ2n) is 8.87. The first-order chi connectivity index (χ1) is 16.0. The number of nitrogens with one attached hydrogen (secondary N) is 1. The van der Waals surface area contributed by atoms with Gasteiger partial charge in [0.2, 0.25) is 5.91 Å². The molecule has 2 N–H and O–H groups in total. The Kier molecular flexibility index (Phi) is 6.98. The predicted octanol–water partition coefficient (Wildman–Crippen LogP) is 4.53. The molecule has 2 heterocycles. The zero-order valence-electron chi connectivity index (χ0n) is 18.6. The van der Waals surface area contributed by atoms with Crippen LogP contribution in [0.1, 0.15) is 30.9 Å². The number of rotatable bonds is 6. The van der Waals surface area contributed by atoms with Crippen molar-refractivity contribution in [2.45, 2.75) is 44.1 Å². The molecule has 184 valence electrons. The van der Waals surface area contributed by atoms with Crippen LogP contribution in [0.5, 0.6) is 11.5 Å². The number of aliphatic hydroxyl groups excluding tert-OH is 1. The summed E-state index contributed by atoms with van der Waals surface area (Å²) >= 11 is 6.09. The zero-order valence-corrected chi connectivity index (χ0v) is 19.4. The van der Waals surface area contributed by atoms with Crippen LogP contribution >= 0.6 is 11.6 Å². The van der Waals surface area contributed by atoms with E-state index in [4.69, 9.17) is 21.1 Å². The largest absolute Gasteiger partial charge is 0.489 e. The number of hydrogen-bond acceptors (Lipinski definition) is 5. The lowest BCUT2D eigenvalue weighted by molar-refractivity contribution is -0.137. The molecule has 2 aromatic carbocycles. The van der Waals surface area contributed by atoms with Crippen molar-refractivity contribution in [3.8, 4) is 11.5 Å². The number of carbonyl (C=O) groups is 1. The van der Waals surface area contributed by atoms with Gasteiger partial charge in [0, 0.05) is 50.8 Å². The molecule has 34 heavy (non-hydrogen) atoms. The standard InChI is InChI=1S/C24H26ClF3N2O4/c1-15(31)29-20-11-17(24(26,27)28)2-4-22(20)33-14-19(32)13-30-8-6-23(7-9-30)12-16-10-18(25)3-5-21(16)34-23/h2-5,10-11,19,32H,6-9,12-14H2,1H3,(H,29,31)/t19-/m0/s1. The van der Waals surface area contributed by atoms with Crippen LogP contribution in [0.2, 0.25) is 5.02 Å². The molecule has 1 saturated heterocycles. The molecule has 0 unspecified atom stereocenters. The van der Waals surface area contributed by atoms with E-state index >= 15 is 0 Å². The molecule has 1 atom stereocenters. The molecule has 6 nitrogen and oxygen atoms in total. The summed E-state index contributed by atoms with van der Waals surface area (Å²) in [5, 5.41) is 13.5. The van der Waals surface area contributed by atoms with Gasteiger partial charge in [-0.25, -0.2) is 0 Å². The van der Waals surface area contributed by atoms with Crippen LogP contribution in [-0.2, 0) is 17.4 Å². The number of anilines is 1. The Morgan fingerprint density at radius 1 is 1.26 bits per heavy atom. The van der Waals surface area contributed by atoms with Crippen molar-refractivity contribution in [3.05, 3.63) is 52.5 Å². The van der Waals surface area contributed by atoms with E-state index in [2.05, 4.69) is 10.2 Å². The third-order valence-electron chi connectivity index (χ3n) is 6.15. The summed E-state index contributed by atoms with van der Waals surface area (Å²) in [7, 11) is 0. The van der Waals surface area contributed by atoms with Gasteiger partial charge >= 0.3 is 6.18 Å². The van der Waals surface area contributed by atoms with Gasteiger partial charge in [0.25, 0.3) is 0 Å². The smallest absolute Gasteiger partial charge is 0.416 e. The number of benzene rings is 2. The van der Waals surface area contributed by atoms with Crippen molar-refractivity contribution >= 4 is 23.2 Å². The lowest BCUT2D eigenvalue weighted by atomic mass is 9.87. The molecule has 0 saturated carbocycles. The number of likely N-dealkylation sites (tertiary alicyclic amines) is 1. The number of β-amino-alcohol motifs (C(OH)–C–C–N with tert-alkyl or cyclic N) is 1. The van der Waals surface area contributed by atoms with Gasteiger partial charge in [-0.1, -0.05) is 11.6 Å². The summed E-state index contributed by atoms with van der Waals surface area (Å²) in [5.41, 5.74) is -0.128. The zero-order chi connectivity index (χ0) is 24.5. The number of carbonyl (C=O) groups excluding carboxylic acids is 1. The molecule has 1 amide bonds. The average Bonchev–Trinajstić information content (AvgIpc) is 3.10. The number of aliphatic hydroxyl groups is 1. The van der Waals surface area contributed by atoms with Gasteiger partial charge in [0.15, 0.2) is 0 Å². The fraction of sp³-hybridized carbons (Fsp3) is 0.458. The molecule has 4 rings (SSSR count). The van der Waals surface area contributed by atoms with Crippen molar-refractivity contribution < 1.29 is 32.5 Å². The number of alkyl halides is 3. The van der Waals surface area contributed by atoms with E-state index in [1.54, 1.807) is 0 Å². The molecule has 1 spiro atoms. The number of amides is 1. The summed E-state index contributed by atoms with van der Waals surface area (Å²) in [6.07, 6.45) is -2.99. The Bertz CT molecular complexity index is 1050. The van der Waals surface area contributed by atoms with Crippen LogP contribution < -0.4 is 14.8 Å². The summed E-state index contributed by atoms with van der Waals surface area (Å²) in [6.45, 7) is 2.89. The third-order valence-corrected chi connectivity index (χ3v) is 6.38. The molecule has 0 aromatic heterocycles. The normalized spacial score (nSPS) is 18.3. The third kappa shape index (κ3) is 5.76. The lowest BCUT2D eigenvalue weighted by Crippen LogP contribution is -2.49. The predicted molar refractivity (Wildman–Crippen MR) is 121 cm³/mol. The van der Waals surface area contributed by atoms with E-state index < -0.39 is 23.8 Å². The van der Waals surface area contributed by atoms with Gasteiger partial charge in [-0.05, 0) is 42.0 Å². The molecule has 2 aliphatic rings. The van der Waals surface area contributed by atoms with Crippen LogP contribution in [-0.4, -0.2) is 53.9 Å². The lowest BCUT2D eigenvalue weighted by Gasteiger charge is -2.39. The van der Waals surface area contributed by atoms with Crippen molar-refractivity contribution in [2.24, 2.45) is 0 Å². The minimum absolute atomic E-state index is 0.0654. The number of nitrogens with zero attached hydrogens (tertiary/aromatic N) is 1. The van der Waals surface area contributed by atoms with Gasteiger partial charge in [-0.15, -0.1) is 0 Å². The second-order valence-corrected chi connectivity index (χ2v) is 9.31. The summed E-state index contributed by atoms with van der Waals surface area (Å²) in [6, 6.07) is 8.50. The fourth-order valence-corrected chi connectivity index (χ4v) is 4.68. The van der Waals surface area contributed by atoms with Crippen LogP contribution in [0.3, 0.4) is 0 Å². The highest BCUT2D eigenvalue weighted by atomic mass is 35.5. The second kappa shape index (κ2) is 9.64. The van der Waals surface area contributed by atoms with Gasteiger partial charge in [-0.2, -0.15) is 13.2 Å². The Hall–Kier alpha value is -2.49. The fourth-order valence-electron chi connectivity index (χ4n) is 4.48. The first-order valence-electron chi connectivity index (χ1n) is 11.0. The maximum Gasteiger partial charge on any atom is 0.416 e. The van der Waals surface area contributed by atoms with Gasteiger partial charge in [0.05, 0.1) is 11.3 Å². The number of fused-ring (bicyclic) bond motifs is 1. The Morgan fingerprint density at radius 3 is 2.68 bits per heavy atom. The van der Waals surface area contributed by atoms with E-state index in [-0.39, 0.29) is 23.6 Å². The first kappa shape index (κ1) is 24.6. The quantitative estimate of drug-likeness (QED) is 0.612. The molecule has 0 radical (unpaired) electrons. The molecule has 0 aliphatic carbocycles. The molecule has 2 aromatic rings. The highest BCUT2D eigenvalue weighted by Crippen LogP contribution is 2.42. The minimum atomic E-state index is -4.55. The van der Waals surface area contributed by atoms with Crippen LogP contribution in [0, 0.1) is 0 Å². The number of piperidine rings is 1. The molecule has 0 bridgehead atoms. The topological polar surface area (TPSA) is 71.0 Å². The Balaban J connectivity index is 1.30. The van der Waals surface area contributed by atoms with Gasteiger partial charge in [0.1, 0.15) is 29.8 Å². The summed E-state index contributed by atoms with van der Waals surface area (Å²) < 4.78 is 50.8. The molecule has 1 fully saturated rings. The van der Waals surface area contributed by atoms with Crippen LogP contribution in [0.4, 0.5) is 18.9 Å². The Labute approximate surface area is 200 Å². The molecule has 10 heteroatoms. The SMILES string of the molecule is CC(=O)Nc1cc(C(F)(F)F)ccc1OC[C@@H](O)CN1CCC2(CC1)Cc1cc(Cl)ccc1O2. The van der Waals surface area contributed by atoms with E-state index in [0.717, 1.165) is 61.9 Å². The maximum atomic E-state index is 13.0. The number of ether oxygens (including phenoxy) is 2. The monoisotopic (exact) mass is 498 g/mol.